The molecule has 0 spiro atoms. The summed E-state index contributed by atoms with van der Waals surface area (Å²) in [6, 6.07) is 2.62. The Morgan fingerprint density at radius 3 is 2.74 bits per heavy atom. The van der Waals surface area contributed by atoms with Gasteiger partial charge in [-0.1, -0.05) is 32.6 Å². The van der Waals surface area contributed by atoms with Gasteiger partial charge in [0.1, 0.15) is 12.1 Å². The zero-order chi connectivity index (χ0) is 13.5. The number of rotatable bonds is 6. The van der Waals surface area contributed by atoms with Gasteiger partial charge in [-0.2, -0.15) is 0 Å². The van der Waals surface area contributed by atoms with E-state index in [0.29, 0.717) is 12.6 Å². The Balaban J connectivity index is 2.14. The molecule has 106 valence electrons. The van der Waals surface area contributed by atoms with Crippen molar-refractivity contribution in [2.24, 2.45) is 0 Å². The van der Waals surface area contributed by atoms with Gasteiger partial charge < -0.3 is 10.0 Å². The summed E-state index contributed by atoms with van der Waals surface area (Å²) in [6.45, 7) is 3.02. The number of aliphatic hydroxyl groups is 1. The highest BCUT2D eigenvalue weighted by Crippen LogP contribution is 2.26. The number of anilines is 1. The summed E-state index contributed by atoms with van der Waals surface area (Å²) < 4.78 is 0. The van der Waals surface area contributed by atoms with Gasteiger partial charge in [-0.15, -0.1) is 0 Å². The van der Waals surface area contributed by atoms with Crippen LogP contribution in [0.25, 0.3) is 0 Å². The summed E-state index contributed by atoms with van der Waals surface area (Å²) in [4.78, 5) is 11.0. The van der Waals surface area contributed by atoms with E-state index in [-0.39, 0.29) is 6.61 Å². The lowest BCUT2D eigenvalue weighted by atomic mass is 9.94. The first-order valence-electron chi connectivity index (χ1n) is 7.53. The summed E-state index contributed by atoms with van der Waals surface area (Å²) in [5.74, 6) is 0.986. The third-order valence-electron chi connectivity index (χ3n) is 3.87. The van der Waals surface area contributed by atoms with E-state index in [1.165, 1.54) is 32.1 Å². The van der Waals surface area contributed by atoms with Crippen LogP contribution < -0.4 is 4.90 Å². The fourth-order valence-electron chi connectivity index (χ4n) is 2.92. The van der Waals surface area contributed by atoms with Crippen molar-refractivity contribution in [1.82, 2.24) is 9.97 Å². The van der Waals surface area contributed by atoms with Crippen LogP contribution in [-0.4, -0.2) is 34.3 Å². The molecule has 0 saturated heterocycles. The first-order chi connectivity index (χ1) is 9.35. The van der Waals surface area contributed by atoms with Crippen molar-refractivity contribution < 1.29 is 5.11 Å². The van der Waals surface area contributed by atoms with Gasteiger partial charge in [0.05, 0.1) is 6.61 Å². The van der Waals surface area contributed by atoms with Gasteiger partial charge in [0.25, 0.3) is 0 Å². The topological polar surface area (TPSA) is 49.2 Å². The van der Waals surface area contributed by atoms with Gasteiger partial charge in [-0.3, -0.25) is 0 Å². The monoisotopic (exact) mass is 263 g/mol. The Hall–Kier alpha value is -1.16. The molecule has 0 amide bonds. The zero-order valence-electron chi connectivity index (χ0n) is 11.9. The summed E-state index contributed by atoms with van der Waals surface area (Å²) >= 11 is 0. The molecule has 4 heteroatoms. The minimum atomic E-state index is 0.184. The van der Waals surface area contributed by atoms with E-state index in [0.717, 1.165) is 24.4 Å². The number of aryl methyl sites for hydroxylation is 1. The van der Waals surface area contributed by atoms with Crippen LogP contribution in [0.2, 0.25) is 0 Å². The van der Waals surface area contributed by atoms with Gasteiger partial charge in [0.15, 0.2) is 0 Å². The minimum Gasteiger partial charge on any atom is -0.395 e. The van der Waals surface area contributed by atoms with Gasteiger partial charge in [-0.05, 0) is 19.3 Å². The van der Waals surface area contributed by atoms with Gasteiger partial charge >= 0.3 is 0 Å². The molecule has 19 heavy (non-hydrogen) atoms. The highest BCUT2D eigenvalue weighted by molar-refractivity contribution is 5.40. The van der Waals surface area contributed by atoms with Crippen molar-refractivity contribution >= 4 is 5.82 Å². The molecular formula is C15H25N3O. The largest absolute Gasteiger partial charge is 0.395 e. The van der Waals surface area contributed by atoms with E-state index < -0.39 is 0 Å². The molecule has 0 unspecified atom stereocenters. The normalized spacial score (nSPS) is 16.5. The van der Waals surface area contributed by atoms with Gasteiger partial charge in [0.2, 0.25) is 0 Å². The molecule has 0 aromatic carbocycles. The van der Waals surface area contributed by atoms with Crippen LogP contribution in [0, 0.1) is 0 Å². The molecule has 1 aromatic heterocycles. The van der Waals surface area contributed by atoms with Crippen LogP contribution in [-0.2, 0) is 6.42 Å². The van der Waals surface area contributed by atoms with E-state index in [1.54, 1.807) is 6.33 Å². The maximum absolute atomic E-state index is 9.32. The Bertz CT molecular complexity index is 377. The third kappa shape index (κ3) is 3.90. The molecule has 1 fully saturated rings. The van der Waals surface area contributed by atoms with E-state index in [1.807, 2.05) is 0 Å². The first kappa shape index (κ1) is 14.3. The van der Waals surface area contributed by atoms with Crippen LogP contribution >= 0.6 is 0 Å². The lowest BCUT2D eigenvalue weighted by Crippen LogP contribution is -2.39. The number of nitrogens with zero attached hydrogens (tertiary/aromatic N) is 3. The Labute approximate surface area is 115 Å². The van der Waals surface area contributed by atoms with Gasteiger partial charge in [0, 0.05) is 24.3 Å². The molecule has 1 aromatic rings. The summed E-state index contributed by atoms with van der Waals surface area (Å²) in [5.41, 5.74) is 1.10. The van der Waals surface area contributed by atoms with Crippen molar-refractivity contribution in [3.8, 4) is 0 Å². The van der Waals surface area contributed by atoms with Crippen LogP contribution in [0.5, 0.6) is 0 Å². The summed E-state index contributed by atoms with van der Waals surface area (Å²) in [6.07, 6.45) is 10.1. The van der Waals surface area contributed by atoms with Crippen LogP contribution in [0.1, 0.15) is 51.1 Å². The van der Waals surface area contributed by atoms with Crippen molar-refractivity contribution in [2.45, 2.75) is 57.9 Å². The van der Waals surface area contributed by atoms with E-state index in [4.69, 9.17) is 0 Å². The van der Waals surface area contributed by atoms with Crippen LogP contribution in [0.3, 0.4) is 0 Å². The van der Waals surface area contributed by atoms with E-state index in [9.17, 15) is 5.11 Å². The number of hydrogen-bond donors (Lipinski definition) is 1. The number of aromatic nitrogens is 2. The van der Waals surface area contributed by atoms with Crippen molar-refractivity contribution in [1.29, 1.82) is 0 Å². The third-order valence-corrected chi connectivity index (χ3v) is 3.87. The summed E-state index contributed by atoms with van der Waals surface area (Å²) in [5, 5.41) is 9.32. The molecule has 1 saturated carbocycles. The zero-order valence-corrected chi connectivity index (χ0v) is 11.9. The lowest BCUT2D eigenvalue weighted by Gasteiger charge is -2.35. The molecule has 1 N–H and O–H groups in total. The highest BCUT2D eigenvalue weighted by atomic mass is 16.3. The van der Waals surface area contributed by atoms with E-state index >= 15 is 0 Å². The first-order valence-corrected chi connectivity index (χ1v) is 7.53. The Kier molecular flexibility index (Phi) is 5.58. The second-order valence-corrected chi connectivity index (χ2v) is 5.33. The second kappa shape index (κ2) is 7.43. The number of aliphatic hydroxyl groups excluding tert-OH is 1. The molecule has 0 radical (unpaired) electrons. The average molecular weight is 263 g/mol. The van der Waals surface area contributed by atoms with Crippen molar-refractivity contribution in [3.05, 3.63) is 18.1 Å². The number of hydrogen-bond acceptors (Lipinski definition) is 4. The SMILES string of the molecule is CCCc1cc(N(CCO)C2CCCCC2)ncn1. The maximum Gasteiger partial charge on any atom is 0.132 e. The average Bonchev–Trinajstić information content (AvgIpc) is 2.46. The minimum absolute atomic E-state index is 0.184. The van der Waals surface area contributed by atoms with Crippen molar-refractivity contribution in [2.75, 3.05) is 18.1 Å². The van der Waals surface area contributed by atoms with Crippen LogP contribution in [0.15, 0.2) is 12.4 Å². The van der Waals surface area contributed by atoms with Gasteiger partial charge in [-0.25, -0.2) is 9.97 Å². The predicted octanol–water partition coefficient (Wildman–Crippen LogP) is 2.56. The molecule has 1 heterocycles. The Morgan fingerprint density at radius 1 is 1.26 bits per heavy atom. The fourth-order valence-corrected chi connectivity index (χ4v) is 2.92. The molecule has 0 aliphatic heterocycles. The second-order valence-electron chi connectivity index (χ2n) is 5.33. The molecule has 0 bridgehead atoms. The molecule has 1 aliphatic carbocycles. The van der Waals surface area contributed by atoms with Crippen molar-refractivity contribution in [3.63, 3.8) is 0 Å². The molecular weight excluding hydrogens is 238 g/mol. The predicted molar refractivity (Wildman–Crippen MR) is 77.3 cm³/mol. The van der Waals surface area contributed by atoms with E-state index in [2.05, 4.69) is 27.9 Å². The molecule has 0 atom stereocenters. The standard InChI is InChI=1S/C15H25N3O/c1-2-6-13-11-15(17-12-16-13)18(9-10-19)14-7-4-3-5-8-14/h11-12,14,19H,2-10H2,1H3. The Morgan fingerprint density at radius 2 is 2.05 bits per heavy atom. The fraction of sp³-hybridized carbons (Fsp3) is 0.733. The quantitative estimate of drug-likeness (QED) is 0.857. The molecule has 1 aliphatic rings. The highest BCUT2D eigenvalue weighted by Gasteiger charge is 2.22. The smallest absolute Gasteiger partial charge is 0.132 e. The molecule has 2 rings (SSSR count). The van der Waals surface area contributed by atoms with Crippen LogP contribution in [0.4, 0.5) is 5.82 Å². The lowest BCUT2D eigenvalue weighted by molar-refractivity contribution is 0.289. The maximum atomic E-state index is 9.32. The summed E-state index contributed by atoms with van der Waals surface area (Å²) in [7, 11) is 0. The molecule has 4 nitrogen and oxygen atoms in total.